The Morgan fingerprint density at radius 2 is 1.91 bits per heavy atom. The zero-order chi connectivity index (χ0) is 16.2. The van der Waals surface area contributed by atoms with Crippen LogP contribution in [-0.4, -0.2) is 43.8 Å². The summed E-state index contributed by atoms with van der Waals surface area (Å²) in [6, 6.07) is 8.74. The lowest BCUT2D eigenvalue weighted by Gasteiger charge is -2.23. The molecule has 0 radical (unpaired) electrons. The van der Waals surface area contributed by atoms with Crippen LogP contribution in [0.15, 0.2) is 30.3 Å². The van der Waals surface area contributed by atoms with Crippen LogP contribution in [0.4, 0.5) is 0 Å². The van der Waals surface area contributed by atoms with E-state index in [1.165, 1.54) is 0 Å². The molecule has 22 heavy (non-hydrogen) atoms. The van der Waals surface area contributed by atoms with E-state index in [9.17, 15) is 18.0 Å². The zero-order valence-corrected chi connectivity index (χ0v) is 13.3. The van der Waals surface area contributed by atoms with Gasteiger partial charge in [-0.2, -0.15) is 0 Å². The first kappa shape index (κ1) is 16.5. The van der Waals surface area contributed by atoms with E-state index in [2.05, 4.69) is 10.6 Å². The van der Waals surface area contributed by atoms with Gasteiger partial charge in [0.2, 0.25) is 5.91 Å². The van der Waals surface area contributed by atoms with E-state index in [0.717, 1.165) is 0 Å². The largest absolute Gasteiger partial charge is 0.352 e. The Bertz CT molecular complexity index is 657. The molecule has 7 heteroatoms. The second kappa shape index (κ2) is 6.48. The Morgan fingerprint density at radius 3 is 2.50 bits per heavy atom. The third kappa shape index (κ3) is 4.56. The number of hydrogen-bond acceptors (Lipinski definition) is 4. The number of benzene rings is 1. The number of sulfone groups is 1. The quantitative estimate of drug-likeness (QED) is 0.825. The fraction of sp³-hybridized carbons (Fsp3) is 0.467. The van der Waals surface area contributed by atoms with Crippen LogP contribution in [0.5, 0.6) is 0 Å². The molecule has 1 aliphatic rings. The van der Waals surface area contributed by atoms with Gasteiger partial charge in [-0.3, -0.25) is 9.59 Å². The topological polar surface area (TPSA) is 92.3 Å². The molecule has 0 bridgehead atoms. The first-order chi connectivity index (χ1) is 10.3. The van der Waals surface area contributed by atoms with Crippen molar-refractivity contribution >= 4 is 21.7 Å². The predicted molar refractivity (Wildman–Crippen MR) is 83.2 cm³/mol. The summed E-state index contributed by atoms with van der Waals surface area (Å²) in [7, 11) is -3.05. The Balaban J connectivity index is 1.76. The van der Waals surface area contributed by atoms with Crippen molar-refractivity contribution in [3.8, 4) is 0 Å². The average molecular weight is 324 g/mol. The molecule has 0 spiro atoms. The van der Waals surface area contributed by atoms with Crippen molar-refractivity contribution in [3.05, 3.63) is 35.9 Å². The monoisotopic (exact) mass is 324 g/mol. The molecule has 120 valence electrons. The zero-order valence-electron chi connectivity index (χ0n) is 12.5. The standard InChI is InChI=1S/C15H20N2O4S/c1-15(8-10-22(20,21)11-15)17-13(18)7-9-16-14(19)12-5-3-2-4-6-12/h2-6H,7-11H2,1H3,(H,16,19)(H,17,18)/t15-/m0/s1. The SMILES string of the molecule is C[C@]1(NC(=O)CCNC(=O)c2ccccc2)CCS(=O)(=O)C1. The first-order valence-electron chi connectivity index (χ1n) is 7.14. The van der Waals surface area contributed by atoms with Crippen LogP contribution < -0.4 is 10.6 Å². The van der Waals surface area contributed by atoms with Crippen molar-refractivity contribution in [3.63, 3.8) is 0 Å². The van der Waals surface area contributed by atoms with Crippen molar-refractivity contribution in [2.24, 2.45) is 0 Å². The van der Waals surface area contributed by atoms with Gasteiger partial charge in [0.15, 0.2) is 9.84 Å². The number of carbonyl (C=O) groups is 2. The van der Waals surface area contributed by atoms with Gasteiger partial charge >= 0.3 is 0 Å². The second-order valence-corrected chi connectivity index (χ2v) is 8.01. The van der Waals surface area contributed by atoms with Crippen molar-refractivity contribution in [1.29, 1.82) is 0 Å². The Kier molecular flexibility index (Phi) is 4.85. The van der Waals surface area contributed by atoms with E-state index in [-0.39, 0.29) is 36.3 Å². The molecular formula is C15H20N2O4S. The molecule has 1 aromatic rings. The van der Waals surface area contributed by atoms with Crippen LogP contribution in [0.1, 0.15) is 30.1 Å². The lowest BCUT2D eigenvalue weighted by molar-refractivity contribution is -0.122. The van der Waals surface area contributed by atoms with Crippen molar-refractivity contribution < 1.29 is 18.0 Å². The van der Waals surface area contributed by atoms with Gasteiger partial charge in [0.05, 0.1) is 17.0 Å². The summed E-state index contributed by atoms with van der Waals surface area (Å²) in [4.78, 5) is 23.7. The van der Waals surface area contributed by atoms with Crippen LogP contribution >= 0.6 is 0 Å². The molecule has 1 aliphatic heterocycles. The molecule has 1 aromatic carbocycles. The van der Waals surface area contributed by atoms with Crippen LogP contribution in [-0.2, 0) is 14.6 Å². The van der Waals surface area contributed by atoms with Crippen molar-refractivity contribution in [2.45, 2.75) is 25.3 Å². The molecule has 0 saturated carbocycles. The molecule has 0 unspecified atom stereocenters. The predicted octanol–water partition coefficient (Wildman–Crippen LogP) is 0.500. The van der Waals surface area contributed by atoms with Crippen LogP contribution in [0.2, 0.25) is 0 Å². The smallest absolute Gasteiger partial charge is 0.251 e. The summed E-state index contributed by atoms with van der Waals surface area (Å²) in [5, 5.41) is 5.42. The third-order valence-corrected chi connectivity index (χ3v) is 5.52. The minimum absolute atomic E-state index is 0.0257. The maximum absolute atomic E-state index is 11.9. The molecular weight excluding hydrogens is 304 g/mol. The molecule has 2 rings (SSSR count). The van der Waals surface area contributed by atoms with Crippen molar-refractivity contribution in [1.82, 2.24) is 10.6 Å². The Hall–Kier alpha value is -1.89. The summed E-state index contributed by atoms with van der Waals surface area (Å²) in [5.41, 5.74) is -0.156. The van der Waals surface area contributed by atoms with Crippen LogP contribution in [0.25, 0.3) is 0 Å². The van der Waals surface area contributed by atoms with E-state index in [1.807, 2.05) is 6.07 Å². The first-order valence-corrected chi connectivity index (χ1v) is 8.97. The maximum atomic E-state index is 11.9. The molecule has 1 saturated heterocycles. The van der Waals surface area contributed by atoms with Gasteiger partial charge in [0.25, 0.3) is 5.91 Å². The lowest BCUT2D eigenvalue weighted by atomic mass is 10.0. The van der Waals surface area contributed by atoms with Crippen molar-refractivity contribution in [2.75, 3.05) is 18.1 Å². The summed E-state index contributed by atoms with van der Waals surface area (Å²) in [5.74, 6) is -0.410. The number of hydrogen-bond donors (Lipinski definition) is 2. The van der Waals surface area contributed by atoms with Gasteiger partial charge in [-0.15, -0.1) is 0 Å². The number of nitrogens with one attached hydrogen (secondary N) is 2. The fourth-order valence-electron chi connectivity index (χ4n) is 2.49. The molecule has 1 heterocycles. The van der Waals surface area contributed by atoms with Gasteiger partial charge in [0.1, 0.15) is 0 Å². The van der Waals surface area contributed by atoms with E-state index in [4.69, 9.17) is 0 Å². The van der Waals surface area contributed by atoms with Gasteiger partial charge in [0, 0.05) is 18.5 Å². The molecule has 2 amide bonds. The molecule has 2 N–H and O–H groups in total. The summed E-state index contributed by atoms with van der Waals surface area (Å²) in [6.07, 6.45) is 0.547. The summed E-state index contributed by atoms with van der Waals surface area (Å²) < 4.78 is 23.0. The van der Waals surface area contributed by atoms with Gasteiger partial charge in [-0.1, -0.05) is 18.2 Å². The van der Waals surface area contributed by atoms with E-state index in [0.29, 0.717) is 12.0 Å². The highest BCUT2D eigenvalue weighted by Crippen LogP contribution is 2.22. The fourth-order valence-corrected chi connectivity index (χ4v) is 4.58. The molecule has 0 aliphatic carbocycles. The van der Waals surface area contributed by atoms with E-state index < -0.39 is 15.4 Å². The molecule has 1 atom stereocenters. The van der Waals surface area contributed by atoms with E-state index >= 15 is 0 Å². The number of amides is 2. The highest BCUT2D eigenvalue weighted by molar-refractivity contribution is 7.91. The van der Waals surface area contributed by atoms with Gasteiger partial charge in [-0.25, -0.2) is 8.42 Å². The normalized spacial score (nSPS) is 23.0. The van der Waals surface area contributed by atoms with Gasteiger partial charge in [-0.05, 0) is 25.5 Å². The highest BCUT2D eigenvalue weighted by Gasteiger charge is 2.39. The number of rotatable bonds is 5. The highest BCUT2D eigenvalue weighted by atomic mass is 32.2. The molecule has 6 nitrogen and oxygen atoms in total. The average Bonchev–Trinajstić information content (AvgIpc) is 2.73. The van der Waals surface area contributed by atoms with Gasteiger partial charge < -0.3 is 10.6 Å². The molecule has 1 fully saturated rings. The molecule has 0 aromatic heterocycles. The summed E-state index contributed by atoms with van der Waals surface area (Å²) in [6.45, 7) is 1.94. The van der Waals surface area contributed by atoms with Crippen LogP contribution in [0.3, 0.4) is 0 Å². The van der Waals surface area contributed by atoms with E-state index in [1.54, 1.807) is 31.2 Å². The second-order valence-electron chi connectivity index (χ2n) is 5.82. The third-order valence-electron chi connectivity index (χ3n) is 3.62. The summed E-state index contributed by atoms with van der Waals surface area (Å²) >= 11 is 0. The minimum Gasteiger partial charge on any atom is -0.352 e. The lowest BCUT2D eigenvalue weighted by Crippen LogP contribution is -2.47. The Labute approximate surface area is 130 Å². The maximum Gasteiger partial charge on any atom is 0.251 e. The number of carbonyl (C=O) groups excluding carboxylic acids is 2. The minimum atomic E-state index is -3.05. The van der Waals surface area contributed by atoms with Crippen LogP contribution in [0, 0.1) is 0 Å². The Morgan fingerprint density at radius 1 is 1.23 bits per heavy atom.